The van der Waals surface area contributed by atoms with Gasteiger partial charge in [0, 0.05) is 23.3 Å². The van der Waals surface area contributed by atoms with E-state index in [1.165, 1.54) is 12.1 Å². The third kappa shape index (κ3) is 2.79. The highest BCUT2D eigenvalue weighted by molar-refractivity contribution is 6.34. The van der Waals surface area contributed by atoms with Crippen molar-refractivity contribution in [1.29, 1.82) is 0 Å². The summed E-state index contributed by atoms with van der Waals surface area (Å²) in [6, 6.07) is 4.17. The highest BCUT2D eigenvalue weighted by atomic mass is 16.6. The van der Waals surface area contributed by atoms with Crippen molar-refractivity contribution in [2.75, 3.05) is 4.90 Å². The number of nitrogens with zero attached hydrogens (tertiary/aromatic N) is 2. The van der Waals surface area contributed by atoms with Crippen LogP contribution in [0.5, 0.6) is 0 Å². The van der Waals surface area contributed by atoms with Crippen LogP contribution < -0.4 is 4.90 Å². The van der Waals surface area contributed by atoms with Gasteiger partial charge in [-0.15, -0.1) is 0 Å². The molecule has 3 rings (SSSR count). The quantitative estimate of drug-likeness (QED) is 0.475. The molecule has 0 aromatic heterocycles. The van der Waals surface area contributed by atoms with Crippen LogP contribution in [-0.2, 0) is 9.59 Å². The molecular formula is C17H18N2O4. The predicted octanol–water partition coefficient (Wildman–Crippen LogP) is 3.45. The van der Waals surface area contributed by atoms with E-state index >= 15 is 0 Å². The van der Waals surface area contributed by atoms with Gasteiger partial charge in [0.05, 0.1) is 10.6 Å². The Labute approximate surface area is 134 Å². The fourth-order valence-electron chi connectivity index (χ4n) is 2.61. The largest absolute Gasteiger partial charge is 0.271 e. The number of benzene rings is 1. The lowest BCUT2D eigenvalue weighted by atomic mass is 10.00. The molecule has 23 heavy (non-hydrogen) atoms. The molecule has 120 valence electrons. The zero-order chi connectivity index (χ0) is 17.1. The smallest absolute Gasteiger partial charge is 0.269 e. The molecule has 2 aliphatic rings. The number of imide groups is 1. The van der Waals surface area contributed by atoms with Gasteiger partial charge in [0.25, 0.3) is 17.5 Å². The van der Waals surface area contributed by atoms with Gasteiger partial charge < -0.3 is 0 Å². The molecule has 1 aliphatic carbocycles. The zero-order valence-electron chi connectivity index (χ0n) is 13.3. The number of hydrogen-bond acceptors (Lipinski definition) is 4. The molecule has 0 saturated carbocycles. The topological polar surface area (TPSA) is 80.5 Å². The highest BCUT2D eigenvalue weighted by Crippen LogP contribution is 2.35. The molecule has 6 heteroatoms. The molecule has 1 aromatic carbocycles. The second-order valence-electron chi connectivity index (χ2n) is 5.01. The number of anilines is 1. The molecule has 1 aromatic rings. The second-order valence-corrected chi connectivity index (χ2v) is 5.01. The third-order valence-electron chi connectivity index (χ3n) is 3.71. The van der Waals surface area contributed by atoms with Crippen LogP contribution >= 0.6 is 0 Å². The lowest BCUT2D eigenvalue weighted by Gasteiger charge is -2.17. The molecule has 0 unspecified atom stereocenters. The van der Waals surface area contributed by atoms with Crippen molar-refractivity contribution in [3.8, 4) is 0 Å². The molecule has 0 fully saturated rings. The van der Waals surface area contributed by atoms with Crippen LogP contribution in [0.4, 0.5) is 11.4 Å². The number of nitro benzene ring substituents is 1. The molecule has 0 saturated heterocycles. The van der Waals surface area contributed by atoms with Crippen molar-refractivity contribution in [2.45, 2.75) is 33.6 Å². The lowest BCUT2D eigenvalue weighted by molar-refractivity contribution is -0.384. The highest BCUT2D eigenvalue weighted by Gasteiger charge is 2.39. The van der Waals surface area contributed by atoms with Crippen LogP contribution in [0.1, 0.15) is 32.3 Å². The Morgan fingerprint density at radius 1 is 1.17 bits per heavy atom. The van der Waals surface area contributed by atoms with E-state index in [0.717, 1.165) is 11.3 Å². The van der Waals surface area contributed by atoms with Crippen molar-refractivity contribution in [2.24, 2.45) is 0 Å². The van der Waals surface area contributed by atoms with Crippen molar-refractivity contribution in [3.63, 3.8) is 0 Å². The maximum absolute atomic E-state index is 12.4. The van der Waals surface area contributed by atoms with E-state index in [1.54, 1.807) is 19.1 Å². The molecule has 0 N–H and O–H groups in total. The Morgan fingerprint density at radius 2 is 1.87 bits per heavy atom. The number of aryl methyl sites for hydroxylation is 1. The second kappa shape index (κ2) is 6.56. The van der Waals surface area contributed by atoms with Crippen LogP contribution in [0, 0.1) is 17.0 Å². The molecule has 2 amide bonds. The molecule has 0 spiro atoms. The minimum atomic E-state index is -0.540. The number of amides is 2. The Balaban J connectivity index is 0.000000924. The standard InChI is InChI=1S/C15H12N2O4.C2H6/c1-9-6-7-10(17(20)21)8-13(9)16-14(18)11-4-2-3-5-12(11)15(16)19;1-2/h2,4,6-8H,3,5H2,1H3;1-2H3. The van der Waals surface area contributed by atoms with Crippen LogP contribution in [0.25, 0.3) is 0 Å². The van der Waals surface area contributed by atoms with E-state index in [1.807, 2.05) is 19.9 Å². The molecule has 1 heterocycles. The average Bonchev–Trinajstić information content (AvgIpc) is 2.82. The van der Waals surface area contributed by atoms with Crippen LogP contribution in [-0.4, -0.2) is 16.7 Å². The monoisotopic (exact) mass is 314 g/mol. The number of allylic oxidation sites excluding steroid dienone is 1. The summed E-state index contributed by atoms with van der Waals surface area (Å²) >= 11 is 0. The molecule has 0 radical (unpaired) electrons. The van der Waals surface area contributed by atoms with E-state index in [2.05, 4.69) is 0 Å². The van der Waals surface area contributed by atoms with E-state index in [0.29, 0.717) is 23.1 Å². The molecule has 0 atom stereocenters. The predicted molar refractivity (Wildman–Crippen MR) is 87.1 cm³/mol. The van der Waals surface area contributed by atoms with Crippen molar-refractivity contribution in [1.82, 2.24) is 0 Å². The van der Waals surface area contributed by atoms with Crippen LogP contribution in [0.3, 0.4) is 0 Å². The number of hydrogen-bond donors (Lipinski definition) is 0. The summed E-state index contributed by atoms with van der Waals surface area (Å²) in [4.78, 5) is 36.2. The summed E-state index contributed by atoms with van der Waals surface area (Å²) in [5, 5.41) is 10.9. The number of rotatable bonds is 2. The van der Waals surface area contributed by atoms with E-state index in [4.69, 9.17) is 0 Å². The summed E-state index contributed by atoms with van der Waals surface area (Å²) in [6.45, 7) is 5.72. The Hall–Kier alpha value is -2.76. The normalized spacial score (nSPS) is 16.2. The minimum absolute atomic E-state index is 0.142. The number of nitro groups is 1. The van der Waals surface area contributed by atoms with E-state index < -0.39 is 10.8 Å². The first-order valence-corrected chi connectivity index (χ1v) is 7.54. The Bertz CT molecular complexity index is 747. The number of non-ortho nitro benzene ring substituents is 1. The van der Waals surface area contributed by atoms with Gasteiger partial charge in [-0.3, -0.25) is 19.7 Å². The first-order valence-electron chi connectivity index (χ1n) is 7.54. The fraction of sp³-hybridized carbons (Fsp3) is 0.294. The van der Waals surface area contributed by atoms with E-state index in [-0.39, 0.29) is 17.3 Å². The first kappa shape index (κ1) is 16.6. The van der Waals surface area contributed by atoms with Crippen molar-refractivity contribution < 1.29 is 14.5 Å². The summed E-state index contributed by atoms with van der Waals surface area (Å²) in [5.41, 5.74) is 1.68. The molecule has 6 nitrogen and oxygen atoms in total. The summed E-state index contributed by atoms with van der Waals surface area (Å²) in [7, 11) is 0. The maximum Gasteiger partial charge on any atom is 0.271 e. The summed E-state index contributed by atoms with van der Waals surface area (Å²) in [6.07, 6.45) is 4.76. The average molecular weight is 314 g/mol. The summed E-state index contributed by atoms with van der Waals surface area (Å²) < 4.78 is 0. The van der Waals surface area contributed by atoms with E-state index in [9.17, 15) is 19.7 Å². The molecule has 0 bridgehead atoms. The third-order valence-corrected chi connectivity index (χ3v) is 3.71. The zero-order valence-corrected chi connectivity index (χ0v) is 13.3. The van der Waals surface area contributed by atoms with Gasteiger partial charge >= 0.3 is 0 Å². The van der Waals surface area contributed by atoms with Gasteiger partial charge in [0.1, 0.15) is 0 Å². The van der Waals surface area contributed by atoms with Crippen molar-refractivity contribution >= 4 is 23.2 Å². The maximum atomic E-state index is 12.4. The molecule has 1 aliphatic heterocycles. The van der Waals surface area contributed by atoms with Crippen molar-refractivity contribution in [3.05, 3.63) is 57.2 Å². The van der Waals surface area contributed by atoms with Gasteiger partial charge in [0.2, 0.25) is 0 Å². The number of carbonyl (C=O) groups is 2. The van der Waals surface area contributed by atoms with Gasteiger partial charge in [-0.2, -0.15) is 0 Å². The Kier molecular flexibility index (Phi) is 4.74. The van der Waals surface area contributed by atoms with Gasteiger partial charge in [-0.1, -0.05) is 32.1 Å². The number of carbonyl (C=O) groups excluding carboxylic acids is 2. The van der Waals surface area contributed by atoms with Crippen LogP contribution in [0.15, 0.2) is 41.5 Å². The van der Waals surface area contributed by atoms with Gasteiger partial charge in [-0.05, 0) is 25.3 Å². The SMILES string of the molecule is CC.Cc1ccc([N+](=O)[O-])cc1N1C(=O)C2=C(CCC=C2)C1=O. The summed E-state index contributed by atoms with van der Waals surface area (Å²) in [5.74, 6) is -0.780. The first-order chi connectivity index (χ1) is 11.0. The van der Waals surface area contributed by atoms with Crippen LogP contribution in [0.2, 0.25) is 0 Å². The Morgan fingerprint density at radius 3 is 2.48 bits per heavy atom. The van der Waals surface area contributed by atoms with Gasteiger partial charge in [-0.25, -0.2) is 4.90 Å². The minimum Gasteiger partial charge on any atom is -0.269 e. The lowest BCUT2D eigenvalue weighted by Crippen LogP contribution is -2.32. The molecular weight excluding hydrogens is 296 g/mol. The van der Waals surface area contributed by atoms with Gasteiger partial charge in [0.15, 0.2) is 0 Å². The fourth-order valence-corrected chi connectivity index (χ4v) is 2.61.